The van der Waals surface area contributed by atoms with Crippen molar-refractivity contribution in [2.24, 2.45) is 10.9 Å². The lowest BCUT2D eigenvalue weighted by molar-refractivity contribution is 0.298. The summed E-state index contributed by atoms with van der Waals surface area (Å²) in [5, 5.41) is 6.58. The molecule has 0 saturated heterocycles. The van der Waals surface area contributed by atoms with Gasteiger partial charge in [-0.1, -0.05) is 26.2 Å². The van der Waals surface area contributed by atoms with Crippen molar-refractivity contribution in [2.45, 2.75) is 70.6 Å². The van der Waals surface area contributed by atoms with Gasteiger partial charge >= 0.3 is 0 Å². The zero-order valence-corrected chi connectivity index (χ0v) is 15.6. The molecule has 1 aliphatic carbocycles. The second-order valence-corrected chi connectivity index (χ2v) is 10.1. The molecule has 1 aliphatic rings. The van der Waals surface area contributed by atoms with Crippen molar-refractivity contribution in [3.63, 3.8) is 0 Å². The first-order valence-electron chi connectivity index (χ1n) is 8.39. The maximum absolute atomic E-state index is 12.1. The Morgan fingerprint density at radius 1 is 1.27 bits per heavy atom. The molecule has 22 heavy (non-hydrogen) atoms. The van der Waals surface area contributed by atoms with Crippen LogP contribution in [0.2, 0.25) is 0 Å². The van der Waals surface area contributed by atoms with Crippen LogP contribution >= 0.6 is 0 Å². The van der Waals surface area contributed by atoms with Crippen molar-refractivity contribution in [3.05, 3.63) is 0 Å². The van der Waals surface area contributed by atoms with E-state index in [1.165, 1.54) is 25.7 Å². The van der Waals surface area contributed by atoms with Gasteiger partial charge in [0.1, 0.15) is 0 Å². The third kappa shape index (κ3) is 5.78. The topological polar surface area (TPSA) is 70.6 Å². The van der Waals surface area contributed by atoms with Crippen molar-refractivity contribution in [2.75, 3.05) is 19.3 Å². The fraction of sp³-hybridized carbons (Fsp3) is 0.938. The predicted octanol–water partition coefficient (Wildman–Crippen LogP) is 2.33. The van der Waals surface area contributed by atoms with Gasteiger partial charge in [0.05, 0.1) is 10.5 Å². The second kappa shape index (κ2) is 8.18. The van der Waals surface area contributed by atoms with Crippen LogP contribution in [0.15, 0.2) is 4.99 Å². The Hall–Kier alpha value is -0.780. The number of nitrogens with zero attached hydrogens (tertiary/aromatic N) is 1. The summed E-state index contributed by atoms with van der Waals surface area (Å²) in [7, 11) is -1.36. The van der Waals surface area contributed by atoms with Gasteiger partial charge in [0.25, 0.3) is 0 Å². The minimum Gasteiger partial charge on any atom is -0.355 e. The number of hydrogen-bond acceptors (Lipinski definition) is 3. The molecule has 0 aliphatic heterocycles. The predicted molar refractivity (Wildman–Crippen MR) is 94.1 cm³/mol. The van der Waals surface area contributed by atoms with Crippen LogP contribution in [0.25, 0.3) is 0 Å². The van der Waals surface area contributed by atoms with Gasteiger partial charge in [-0.3, -0.25) is 4.99 Å². The highest BCUT2D eigenvalue weighted by Gasteiger charge is 2.28. The summed E-state index contributed by atoms with van der Waals surface area (Å²) in [6, 6.07) is 0.448. The smallest absolute Gasteiger partial charge is 0.191 e. The summed E-state index contributed by atoms with van der Waals surface area (Å²) < 4.78 is 23.5. The highest BCUT2D eigenvalue weighted by molar-refractivity contribution is 7.92. The van der Waals surface area contributed by atoms with Gasteiger partial charge in [-0.2, -0.15) is 0 Å². The molecule has 0 heterocycles. The van der Waals surface area contributed by atoms with Gasteiger partial charge in [0.2, 0.25) is 0 Å². The molecule has 1 saturated carbocycles. The number of nitrogens with one attached hydrogen (secondary N) is 2. The molecule has 0 aromatic rings. The number of guanidine groups is 1. The van der Waals surface area contributed by atoms with E-state index in [0.717, 1.165) is 12.3 Å². The van der Waals surface area contributed by atoms with Crippen molar-refractivity contribution in [3.8, 4) is 0 Å². The highest BCUT2D eigenvalue weighted by atomic mass is 32.2. The molecule has 6 heteroatoms. The molecule has 0 aromatic carbocycles. The number of aliphatic imine (C=N–C) groups is 1. The molecule has 0 spiro atoms. The quantitative estimate of drug-likeness (QED) is 0.599. The lowest BCUT2D eigenvalue weighted by atomic mass is 9.84. The molecule has 5 nitrogen and oxygen atoms in total. The first kappa shape index (κ1) is 19.3. The van der Waals surface area contributed by atoms with Crippen molar-refractivity contribution >= 4 is 15.8 Å². The Kier molecular flexibility index (Phi) is 7.16. The molecule has 2 N–H and O–H groups in total. The summed E-state index contributed by atoms with van der Waals surface area (Å²) in [6.07, 6.45) is 6.15. The van der Waals surface area contributed by atoms with Crippen molar-refractivity contribution < 1.29 is 8.42 Å². The van der Waals surface area contributed by atoms with Crippen LogP contribution < -0.4 is 10.6 Å². The van der Waals surface area contributed by atoms with Gasteiger partial charge in [-0.25, -0.2) is 8.42 Å². The largest absolute Gasteiger partial charge is 0.355 e. The van der Waals surface area contributed by atoms with E-state index < -0.39 is 14.6 Å². The number of sulfone groups is 1. The van der Waals surface area contributed by atoms with Crippen LogP contribution in [0, 0.1) is 5.92 Å². The third-order valence-corrected chi connectivity index (χ3v) is 7.13. The normalized spacial score (nSPS) is 24.1. The van der Waals surface area contributed by atoms with Crippen LogP contribution in [-0.4, -0.2) is 44.5 Å². The monoisotopic (exact) mass is 331 g/mol. The summed E-state index contributed by atoms with van der Waals surface area (Å²) in [6.45, 7) is 7.85. The van der Waals surface area contributed by atoms with Crippen LogP contribution in [-0.2, 0) is 9.84 Å². The Bertz CT molecular complexity index is 466. The van der Waals surface area contributed by atoms with E-state index in [2.05, 4.69) is 22.5 Å². The van der Waals surface area contributed by atoms with Gasteiger partial charge in [0.15, 0.2) is 15.8 Å². The summed E-state index contributed by atoms with van der Waals surface area (Å²) in [5.74, 6) is 1.64. The zero-order valence-electron chi connectivity index (χ0n) is 14.8. The first-order valence-corrected chi connectivity index (χ1v) is 10.0. The van der Waals surface area contributed by atoms with Crippen molar-refractivity contribution in [1.29, 1.82) is 0 Å². The van der Waals surface area contributed by atoms with Gasteiger partial charge in [-0.05, 0) is 39.5 Å². The molecule has 130 valence electrons. The molecule has 0 aromatic heterocycles. The van der Waals surface area contributed by atoms with Crippen LogP contribution in [0.3, 0.4) is 0 Å². The Morgan fingerprint density at radius 2 is 1.95 bits per heavy atom. The summed E-state index contributed by atoms with van der Waals surface area (Å²) in [5.41, 5.74) is 0. The van der Waals surface area contributed by atoms with E-state index in [-0.39, 0.29) is 5.75 Å². The molecular formula is C16H33N3O2S. The molecule has 0 amide bonds. The highest BCUT2D eigenvalue weighted by Crippen LogP contribution is 2.26. The Balaban J connectivity index is 2.44. The molecule has 0 bridgehead atoms. The average Bonchev–Trinajstić information content (AvgIpc) is 2.45. The van der Waals surface area contributed by atoms with Gasteiger partial charge in [-0.15, -0.1) is 0 Å². The van der Waals surface area contributed by atoms with E-state index in [9.17, 15) is 8.42 Å². The lowest BCUT2D eigenvalue weighted by Crippen LogP contribution is -2.47. The van der Waals surface area contributed by atoms with Crippen LogP contribution in [0.4, 0.5) is 0 Å². The average molecular weight is 332 g/mol. The Morgan fingerprint density at radius 3 is 2.50 bits per heavy atom. The lowest BCUT2D eigenvalue weighted by Gasteiger charge is -2.30. The number of rotatable bonds is 5. The minimum absolute atomic E-state index is 0.124. The fourth-order valence-electron chi connectivity index (χ4n) is 2.79. The van der Waals surface area contributed by atoms with E-state index in [1.807, 2.05) is 0 Å². The molecule has 2 atom stereocenters. The van der Waals surface area contributed by atoms with Crippen LogP contribution in [0.1, 0.15) is 59.8 Å². The van der Waals surface area contributed by atoms with E-state index in [1.54, 1.807) is 27.8 Å². The fourth-order valence-corrected chi connectivity index (χ4v) is 3.77. The zero-order chi connectivity index (χ0) is 16.8. The van der Waals surface area contributed by atoms with E-state index in [0.29, 0.717) is 18.5 Å². The SMILES string of the molecule is CCC1CCCC(NC(=NC)NCCS(=O)(=O)C(C)(C)C)C1. The van der Waals surface area contributed by atoms with Crippen molar-refractivity contribution in [1.82, 2.24) is 10.6 Å². The molecule has 2 unspecified atom stereocenters. The number of hydrogen-bond donors (Lipinski definition) is 2. The maximum atomic E-state index is 12.1. The maximum Gasteiger partial charge on any atom is 0.191 e. The van der Waals surface area contributed by atoms with Crippen LogP contribution in [0.5, 0.6) is 0 Å². The first-order chi connectivity index (χ1) is 10.2. The third-order valence-electron chi connectivity index (χ3n) is 4.52. The molecular weight excluding hydrogens is 298 g/mol. The minimum atomic E-state index is -3.09. The summed E-state index contributed by atoms with van der Waals surface area (Å²) >= 11 is 0. The van der Waals surface area contributed by atoms with Gasteiger partial charge in [0, 0.05) is 19.6 Å². The molecule has 0 radical (unpaired) electrons. The second-order valence-electron chi connectivity index (χ2n) is 7.21. The molecule has 1 rings (SSSR count). The Labute approximate surface area is 136 Å². The van der Waals surface area contributed by atoms with E-state index in [4.69, 9.17) is 0 Å². The summed E-state index contributed by atoms with van der Waals surface area (Å²) in [4.78, 5) is 4.21. The standard InChI is InChI=1S/C16H33N3O2S/c1-6-13-8-7-9-14(12-13)19-15(17-5)18-10-11-22(20,21)16(2,3)4/h13-14H,6-12H2,1-5H3,(H2,17,18,19). The van der Waals surface area contributed by atoms with E-state index >= 15 is 0 Å². The molecule has 1 fully saturated rings. The van der Waals surface area contributed by atoms with Gasteiger partial charge < -0.3 is 10.6 Å².